The third kappa shape index (κ3) is 5.71. The van der Waals surface area contributed by atoms with E-state index in [9.17, 15) is 9.59 Å². The minimum atomic E-state index is -0.649. The number of hydrogen-bond acceptors (Lipinski definition) is 4. The summed E-state index contributed by atoms with van der Waals surface area (Å²) >= 11 is 1.59. The van der Waals surface area contributed by atoms with Crippen LogP contribution in [-0.2, 0) is 11.2 Å². The molecule has 1 aromatic heterocycles. The van der Waals surface area contributed by atoms with Crippen molar-refractivity contribution in [2.24, 2.45) is 5.73 Å². The Morgan fingerprint density at radius 2 is 2.04 bits per heavy atom. The van der Waals surface area contributed by atoms with Gasteiger partial charge in [-0.1, -0.05) is 30.3 Å². The summed E-state index contributed by atoms with van der Waals surface area (Å²) in [7, 11) is 0. The van der Waals surface area contributed by atoms with Crippen molar-refractivity contribution < 1.29 is 9.59 Å². The van der Waals surface area contributed by atoms with Gasteiger partial charge in [-0.25, -0.2) is 9.78 Å². The molecule has 0 aliphatic heterocycles. The van der Waals surface area contributed by atoms with Crippen molar-refractivity contribution in [3.63, 3.8) is 0 Å². The predicted molar refractivity (Wildman–Crippen MR) is 90.1 cm³/mol. The molecule has 4 N–H and O–H groups in total. The molecular weight excluding hydrogens is 312 g/mol. The summed E-state index contributed by atoms with van der Waals surface area (Å²) in [6.45, 7) is 2.47. The zero-order chi connectivity index (χ0) is 16.7. The van der Waals surface area contributed by atoms with E-state index >= 15 is 0 Å². The van der Waals surface area contributed by atoms with E-state index in [2.05, 4.69) is 15.6 Å². The van der Waals surface area contributed by atoms with E-state index < -0.39 is 12.1 Å². The predicted octanol–water partition coefficient (Wildman–Crippen LogP) is 1.91. The summed E-state index contributed by atoms with van der Waals surface area (Å²) in [6, 6.07) is 8.21. The van der Waals surface area contributed by atoms with Gasteiger partial charge in [-0.2, -0.15) is 0 Å². The van der Waals surface area contributed by atoms with Crippen LogP contribution in [0, 0.1) is 6.92 Å². The van der Waals surface area contributed by atoms with Crippen molar-refractivity contribution in [1.29, 1.82) is 0 Å². The summed E-state index contributed by atoms with van der Waals surface area (Å²) in [5.74, 6) is -0.139. The van der Waals surface area contributed by atoms with Gasteiger partial charge in [-0.05, 0) is 12.5 Å². The van der Waals surface area contributed by atoms with Crippen molar-refractivity contribution >= 4 is 23.3 Å². The highest BCUT2D eigenvalue weighted by atomic mass is 32.1. The molecule has 7 heteroatoms. The first-order valence-corrected chi connectivity index (χ1v) is 8.21. The molecule has 0 saturated carbocycles. The minimum Gasteiger partial charge on any atom is -0.356 e. The monoisotopic (exact) mass is 332 g/mol. The van der Waals surface area contributed by atoms with Crippen LogP contribution >= 0.6 is 11.3 Å². The molecule has 2 rings (SSSR count). The van der Waals surface area contributed by atoms with Gasteiger partial charge in [0.25, 0.3) is 0 Å². The number of urea groups is 1. The number of thiazole rings is 1. The average molecular weight is 332 g/mol. The molecule has 1 aromatic carbocycles. The molecule has 2 aromatic rings. The van der Waals surface area contributed by atoms with Gasteiger partial charge in [0, 0.05) is 18.3 Å². The molecular formula is C16H20N4O2S. The Bertz CT molecular complexity index is 657. The van der Waals surface area contributed by atoms with Crippen molar-refractivity contribution in [2.45, 2.75) is 25.8 Å². The number of nitrogens with zero attached hydrogens (tertiary/aromatic N) is 1. The summed E-state index contributed by atoms with van der Waals surface area (Å²) in [6.07, 6.45) is 0.832. The topological polar surface area (TPSA) is 97.1 Å². The largest absolute Gasteiger partial charge is 0.356 e. The Kier molecular flexibility index (Phi) is 6.10. The van der Waals surface area contributed by atoms with Crippen LogP contribution in [0.2, 0.25) is 0 Å². The highest BCUT2D eigenvalue weighted by Crippen LogP contribution is 2.16. The number of benzene rings is 1. The molecule has 122 valence electrons. The van der Waals surface area contributed by atoms with Gasteiger partial charge in [-0.15, -0.1) is 11.3 Å². The standard InChI is InChI=1S/C16H20N4O2S/c1-11-19-13(10-23-11)7-8-18-15(21)9-14(20-16(17)22)12-5-3-2-4-6-12/h2-6,10,14H,7-9H2,1H3,(H,18,21)(H3,17,20,22)/t14-/m1/s1. The number of amides is 3. The summed E-state index contributed by atoms with van der Waals surface area (Å²) < 4.78 is 0. The maximum atomic E-state index is 12.1. The number of hydrogen-bond donors (Lipinski definition) is 3. The van der Waals surface area contributed by atoms with Gasteiger partial charge in [0.15, 0.2) is 0 Å². The second-order valence-corrected chi connectivity index (χ2v) is 6.20. The van der Waals surface area contributed by atoms with Gasteiger partial charge in [-0.3, -0.25) is 4.79 Å². The average Bonchev–Trinajstić information content (AvgIpc) is 2.92. The molecule has 3 amide bonds. The molecule has 0 aliphatic rings. The number of aryl methyl sites for hydroxylation is 1. The van der Waals surface area contributed by atoms with Gasteiger partial charge in [0.05, 0.1) is 23.2 Å². The molecule has 0 fully saturated rings. The first kappa shape index (κ1) is 17.0. The van der Waals surface area contributed by atoms with Crippen molar-refractivity contribution in [1.82, 2.24) is 15.6 Å². The van der Waals surface area contributed by atoms with Gasteiger partial charge < -0.3 is 16.4 Å². The fraction of sp³-hybridized carbons (Fsp3) is 0.312. The molecule has 0 bridgehead atoms. The van der Waals surface area contributed by atoms with E-state index in [1.54, 1.807) is 11.3 Å². The molecule has 1 atom stereocenters. The zero-order valence-electron chi connectivity index (χ0n) is 12.9. The lowest BCUT2D eigenvalue weighted by atomic mass is 10.0. The highest BCUT2D eigenvalue weighted by Gasteiger charge is 2.17. The van der Waals surface area contributed by atoms with Crippen molar-refractivity contribution in [3.05, 3.63) is 52.0 Å². The van der Waals surface area contributed by atoms with Gasteiger partial charge >= 0.3 is 6.03 Å². The van der Waals surface area contributed by atoms with Crippen LogP contribution in [0.1, 0.15) is 28.7 Å². The van der Waals surface area contributed by atoms with Crippen LogP contribution in [-0.4, -0.2) is 23.5 Å². The molecule has 0 unspecified atom stereocenters. The molecule has 1 heterocycles. The lowest BCUT2D eigenvalue weighted by Gasteiger charge is -2.17. The molecule has 6 nitrogen and oxygen atoms in total. The zero-order valence-corrected chi connectivity index (χ0v) is 13.7. The molecule has 23 heavy (non-hydrogen) atoms. The first-order valence-electron chi connectivity index (χ1n) is 7.33. The number of carbonyl (C=O) groups excluding carboxylic acids is 2. The van der Waals surface area contributed by atoms with E-state index in [-0.39, 0.29) is 12.3 Å². The van der Waals surface area contributed by atoms with Crippen LogP contribution < -0.4 is 16.4 Å². The normalized spacial score (nSPS) is 11.7. The Balaban J connectivity index is 1.86. The van der Waals surface area contributed by atoms with Crippen LogP contribution in [0.3, 0.4) is 0 Å². The highest BCUT2D eigenvalue weighted by molar-refractivity contribution is 7.09. The SMILES string of the molecule is Cc1nc(CCNC(=O)C[C@@H](NC(N)=O)c2ccccc2)cs1. The van der Waals surface area contributed by atoms with Gasteiger partial charge in [0.2, 0.25) is 5.91 Å². The maximum Gasteiger partial charge on any atom is 0.312 e. The number of nitrogens with one attached hydrogen (secondary N) is 2. The molecule has 0 spiro atoms. The Morgan fingerprint density at radius 3 is 2.65 bits per heavy atom. The fourth-order valence-corrected chi connectivity index (χ4v) is 2.87. The van der Waals surface area contributed by atoms with E-state index in [1.807, 2.05) is 42.6 Å². The number of aromatic nitrogens is 1. The van der Waals surface area contributed by atoms with Crippen molar-refractivity contribution in [2.75, 3.05) is 6.54 Å². The summed E-state index contributed by atoms with van der Waals surface area (Å²) in [5.41, 5.74) is 7.01. The lowest BCUT2D eigenvalue weighted by molar-refractivity contribution is -0.121. The Labute approximate surface area is 139 Å². The van der Waals surface area contributed by atoms with E-state index in [1.165, 1.54) is 0 Å². The van der Waals surface area contributed by atoms with E-state index in [4.69, 9.17) is 5.73 Å². The second kappa shape index (κ2) is 8.28. The summed E-state index contributed by atoms with van der Waals surface area (Å²) in [4.78, 5) is 27.6. The number of nitrogens with two attached hydrogens (primary N) is 1. The number of carbonyl (C=O) groups is 2. The van der Waals surface area contributed by atoms with E-state index in [0.717, 1.165) is 16.3 Å². The Hall–Kier alpha value is -2.41. The molecule has 0 saturated heterocycles. The minimum absolute atomic E-state index is 0.139. The molecule has 0 aliphatic carbocycles. The van der Waals surface area contributed by atoms with Crippen LogP contribution in [0.15, 0.2) is 35.7 Å². The smallest absolute Gasteiger partial charge is 0.312 e. The quantitative estimate of drug-likeness (QED) is 0.722. The van der Waals surface area contributed by atoms with E-state index in [0.29, 0.717) is 13.0 Å². The maximum absolute atomic E-state index is 12.1. The summed E-state index contributed by atoms with van der Waals surface area (Å²) in [5, 5.41) is 8.46. The Morgan fingerprint density at radius 1 is 1.30 bits per heavy atom. The molecule has 0 radical (unpaired) electrons. The number of primary amides is 1. The third-order valence-electron chi connectivity index (χ3n) is 3.28. The van der Waals surface area contributed by atoms with Crippen LogP contribution in [0.4, 0.5) is 4.79 Å². The van der Waals surface area contributed by atoms with Crippen LogP contribution in [0.5, 0.6) is 0 Å². The fourth-order valence-electron chi connectivity index (χ4n) is 2.22. The number of rotatable bonds is 7. The van der Waals surface area contributed by atoms with Crippen LogP contribution in [0.25, 0.3) is 0 Å². The first-order chi connectivity index (χ1) is 11.0. The van der Waals surface area contributed by atoms with Gasteiger partial charge in [0.1, 0.15) is 0 Å². The second-order valence-electron chi connectivity index (χ2n) is 5.13. The third-order valence-corrected chi connectivity index (χ3v) is 4.10. The lowest BCUT2D eigenvalue weighted by Crippen LogP contribution is -2.37. The van der Waals surface area contributed by atoms with Crippen molar-refractivity contribution in [3.8, 4) is 0 Å².